The molecule has 1 heterocycles. The molecule has 1 N–H and O–H groups in total. The monoisotopic (exact) mass is 427 g/mol. The van der Waals surface area contributed by atoms with Crippen molar-refractivity contribution >= 4 is 33.4 Å². The van der Waals surface area contributed by atoms with Crippen molar-refractivity contribution in [2.24, 2.45) is 0 Å². The van der Waals surface area contributed by atoms with Gasteiger partial charge in [-0.15, -0.1) is 11.8 Å². The lowest BCUT2D eigenvalue weighted by Crippen LogP contribution is -2.27. The Balaban J connectivity index is 1.70. The second kappa shape index (κ2) is 9.11. The summed E-state index contributed by atoms with van der Waals surface area (Å²) >= 11 is 1.55. The fourth-order valence-electron chi connectivity index (χ4n) is 2.64. The number of sulfonamides is 1. The van der Waals surface area contributed by atoms with Crippen molar-refractivity contribution in [3.8, 4) is 0 Å². The number of anilines is 1. The minimum atomic E-state index is -3.68. The van der Waals surface area contributed by atoms with Gasteiger partial charge in [-0.2, -0.15) is 0 Å². The lowest BCUT2D eigenvalue weighted by molar-refractivity contribution is 0.0950. The van der Waals surface area contributed by atoms with Crippen LogP contribution in [0.3, 0.4) is 0 Å². The highest BCUT2D eigenvalue weighted by atomic mass is 32.2. The van der Waals surface area contributed by atoms with Crippen LogP contribution in [0.2, 0.25) is 0 Å². The summed E-state index contributed by atoms with van der Waals surface area (Å²) in [5, 5.41) is 2.80. The first-order chi connectivity index (χ1) is 13.9. The number of hydrogen-bond acceptors (Lipinski definition) is 5. The molecule has 3 rings (SSSR count). The van der Waals surface area contributed by atoms with Gasteiger partial charge in [0.2, 0.25) is 0 Å². The number of nitrogens with zero attached hydrogens (tertiary/aromatic N) is 2. The van der Waals surface area contributed by atoms with E-state index < -0.39 is 10.0 Å². The second-order valence-corrected chi connectivity index (χ2v) is 9.05. The lowest BCUT2D eigenvalue weighted by Gasteiger charge is -2.20. The average Bonchev–Trinajstić information content (AvgIpc) is 2.77. The van der Waals surface area contributed by atoms with Gasteiger partial charge in [-0.25, -0.2) is 8.42 Å². The van der Waals surface area contributed by atoms with Gasteiger partial charge >= 0.3 is 0 Å². The third kappa shape index (κ3) is 4.96. The Morgan fingerprint density at radius 1 is 1.03 bits per heavy atom. The van der Waals surface area contributed by atoms with Crippen molar-refractivity contribution < 1.29 is 13.2 Å². The van der Waals surface area contributed by atoms with E-state index in [0.717, 1.165) is 10.6 Å². The van der Waals surface area contributed by atoms with E-state index in [0.29, 0.717) is 17.8 Å². The van der Waals surface area contributed by atoms with E-state index >= 15 is 0 Å². The Morgan fingerprint density at radius 3 is 2.31 bits per heavy atom. The van der Waals surface area contributed by atoms with Crippen molar-refractivity contribution in [1.29, 1.82) is 0 Å². The van der Waals surface area contributed by atoms with Crippen LogP contribution in [-0.4, -0.2) is 32.6 Å². The molecule has 0 fully saturated rings. The number of hydrogen-bond donors (Lipinski definition) is 1. The molecule has 3 aromatic rings. The molecule has 0 aliphatic heterocycles. The number of carbonyl (C=O) groups excluding carboxylic acids is 1. The number of aromatic nitrogens is 1. The first-order valence-electron chi connectivity index (χ1n) is 8.83. The molecule has 0 spiro atoms. The molecule has 29 heavy (non-hydrogen) atoms. The zero-order valence-corrected chi connectivity index (χ0v) is 17.7. The van der Waals surface area contributed by atoms with Crippen LogP contribution in [0.5, 0.6) is 0 Å². The first-order valence-corrected chi connectivity index (χ1v) is 11.5. The summed E-state index contributed by atoms with van der Waals surface area (Å²) in [5.74, 6) is -0.250. The largest absolute Gasteiger partial charge is 0.346 e. The molecule has 6 nitrogen and oxygen atoms in total. The molecule has 1 aromatic heterocycles. The minimum Gasteiger partial charge on any atom is -0.346 e. The van der Waals surface area contributed by atoms with E-state index in [2.05, 4.69) is 10.3 Å². The maximum absolute atomic E-state index is 12.8. The number of carbonyl (C=O) groups is 1. The quantitative estimate of drug-likeness (QED) is 0.583. The molecule has 150 valence electrons. The fourth-order valence-corrected chi connectivity index (χ4v) is 4.25. The van der Waals surface area contributed by atoms with Gasteiger partial charge < -0.3 is 5.32 Å². The van der Waals surface area contributed by atoms with E-state index in [1.54, 1.807) is 66.5 Å². The van der Waals surface area contributed by atoms with Crippen LogP contribution < -0.4 is 9.62 Å². The lowest BCUT2D eigenvalue weighted by atomic mass is 10.2. The van der Waals surface area contributed by atoms with Crippen LogP contribution in [0.25, 0.3) is 0 Å². The van der Waals surface area contributed by atoms with Crippen molar-refractivity contribution in [3.05, 3.63) is 84.2 Å². The van der Waals surface area contributed by atoms with Gasteiger partial charge in [0.25, 0.3) is 15.9 Å². The zero-order chi connectivity index (χ0) is 20.9. The number of pyridine rings is 1. The summed E-state index contributed by atoms with van der Waals surface area (Å²) in [6.07, 6.45) is 3.60. The first kappa shape index (κ1) is 20.9. The Morgan fingerprint density at radius 2 is 1.72 bits per heavy atom. The normalized spacial score (nSPS) is 11.1. The maximum Gasteiger partial charge on any atom is 0.264 e. The van der Waals surface area contributed by atoms with Crippen LogP contribution in [0, 0.1) is 0 Å². The van der Waals surface area contributed by atoms with Gasteiger partial charge in [0.05, 0.1) is 22.8 Å². The van der Waals surface area contributed by atoms with Gasteiger partial charge in [-0.3, -0.25) is 14.1 Å². The molecule has 0 bridgehead atoms. The van der Waals surface area contributed by atoms with Gasteiger partial charge in [-0.05, 0) is 66.9 Å². The molecule has 8 heteroatoms. The molecule has 2 aromatic carbocycles. The van der Waals surface area contributed by atoms with Crippen LogP contribution in [0.15, 0.2) is 82.7 Å². The Hall–Kier alpha value is -2.84. The Kier molecular flexibility index (Phi) is 6.56. The zero-order valence-electron chi connectivity index (χ0n) is 16.1. The van der Waals surface area contributed by atoms with Gasteiger partial charge in [0.15, 0.2) is 0 Å². The second-order valence-electron chi connectivity index (χ2n) is 6.20. The molecule has 0 atom stereocenters. The van der Waals surface area contributed by atoms with E-state index in [-0.39, 0.29) is 10.8 Å². The topological polar surface area (TPSA) is 79.4 Å². The van der Waals surface area contributed by atoms with Crippen LogP contribution >= 0.6 is 11.8 Å². The molecule has 0 aliphatic rings. The summed E-state index contributed by atoms with van der Waals surface area (Å²) in [6.45, 7) is 0.321. The average molecular weight is 428 g/mol. The van der Waals surface area contributed by atoms with Crippen LogP contribution in [0.1, 0.15) is 16.1 Å². The standard InChI is InChI=1S/C21H21N3O3S2/c1-24(29(26,27)20-12-10-19(28-2)11-13-20)18-8-6-16(7-9-18)21(25)23-15-17-5-3-4-14-22-17/h3-14H,15H2,1-2H3,(H,23,25). The molecule has 0 radical (unpaired) electrons. The molecule has 0 aliphatic carbocycles. The molecule has 0 saturated carbocycles. The van der Waals surface area contributed by atoms with Crippen molar-refractivity contribution in [3.63, 3.8) is 0 Å². The number of nitrogens with one attached hydrogen (secondary N) is 1. The van der Waals surface area contributed by atoms with Crippen molar-refractivity contribution in [2.45, 2.75) is 16.3 Å². The molecule has 0 saturated heterocycles. The predicted molar refractivity (Wildman–Crippen MR) is 116 cm³/mol. The SMILES string of the molecule is CSc1ccc(S(=O)(=O)N(C)c2ccc(C(=O)NCc3ccccn3)cc2)cc1. The Bertz CT molecular complexity index is 1070. The highest BCUT2D eigenvalue weighted by Crippen LogP contribution is 2.24. The Labute approximate surface area is 175 Å². The van der Waals surface area contributed by atoms with E-state index in [4.69, 9.17) is 0 Å². The highest BCUT2D eigenvalue weighted by Gasteiger charge is 2.21. The highest BCUT2D eigenvalue weighted by molar-refractivity contribution is 7.98. The van der Waals surface area contributed by atoms with Gasteiger partial charge in [0, 0.05) is 23.7 Å². The molecular formula is C21H21N3O3S2. The number of thioether (sulfide) groups is 1. The van der Waals surface area contributed by atoms with Gasteiger partial charge in [0.1, 0.15) is 0 Å². The molecular weight excluding hydrogens is 406 g/mol. The smallest absolute Gasteiger partial charge is 0.264 e. The summed E-state index contributed by atoms with van der Waals surface area (Å²) in [6, 6.07) is 18.7. The predicted octanol–water partition coefficient (Wildman–Crippen LogP) is 3.56. The van der Waals surface area contributed by atoms with Gasteiger partial charge in [-0.1, -0.05) is 6.07 Å². The summed E-state index contributed by atoms with van der Waals surface area (Å²) in [7, 11) is -2.19. The third-order valence-corrected chi connectivity index (χ3v) is 6.91. The summed E-state index contributed by atoms with van der Waals surface area (Å²) in [5.41, 5.74) is 1.68. The van der Waals surface area contributed by atoms with Crippen LogP contribution in [0.4, 0.5) is 5.69 Å². The number of amides is 1. The summed E-state index contributed by atoms with van der Waals surface area (Å²) < 4.78 is 26.9. The third-order valence-electron chi connectivity index (χ3n) is 4.37. The minimum absolute atomic E-state index is 0.218. The fraction of sp³-hybridized carbons (Fsp3) is 0.143. The van der Waals surface area contributed by atoms with E-state index in [1.165, 1.54) is 11.4 Å². The van der Waals surface area contributed by atoms with Crippen molar-refractivity contribution in [1.82, 2.24) is 10.3 Å². The summed E-state index contributed by atoms with van der Waals surface area (Å²) in [4.78, 5) is 17.7. The van der Waals surface area contributed by atoms with Crippen LogP contribution in [-0.2, 0) is 16.6 Å². The number of rotatable bonds is 7. The van der Waals surface area contributed by atoms with E-state index in [1.807, 2.05) is 24.5 Å². The van der Waals surface area contributed by atoms with E-state index in [9.17, 15) is 13.2 Å². The molecule has 1 amide bonds. The molecule has 0 unspecified atom stereocenters. The maximum atomic E-state index is 12.8. The number of benzene rings is 2. The van der Waals surface area contributed by atoms with Crippen molar-refractivity contribution in [2.75, 3.05) is 17.6 Å².